The van der Waals surface area contributed by atoms with Crippen LogP contribution in [0.5, 0.6) is 0 Å². The van der Waals surface area contributed by atoms with Crippen LogP contribution < -0.4 is 5.32 Å². The van der Waals surface area contributed by atoms with Gasteiger partial charge in [-0.1, -0.05) is 6.92 Å². The van der Waals surface area contributed by atoms with Crippen molar-refractivity contribution in [1.82, 2.24) is 10.3 Å². The van der Waals surface area contributed by atoms with Crippen molar-refractivity contribution < 1.29 is 9.90 Å². The fourth-order valence-corrected chi connectivity index (χ4v) is 1.99. The third-order valence-electron chi connectivity index (χ3n) is 1.90. The maximum atomic E-state index is 11.5. The standard InChI is InChI=1S/C11H16N2O2S/c1-3-12-11(15)10-6-9(4-5-13-10)16-8(2)7-14/h4-6,8,14H,3,7H2,1-2H3,(H,12,15). The first-order valence-corrected chi connectivity index (χ1v) is 6.07. The van der Waals surface area contributed by atoms with E-state index in [0.717, 1.165) is 4.90 Å². The summed E-state index contributed by atoms with van der Waals surface area (Å²) in [7, 11) is 0. The second-order valence-corrected chi connectivity index (χ2v) is 4.86. The predicted octanol–water partition coefficient (Wildman–Crippen LogP) is 1.30. The molecule has 4 nitrogen and oxygen atoms in total. The second kappa shape index (κ2) is 6.50. The van der Waals surface area contributed by atoms with Gasteiger partial charge in [-0.15, -0.1) is 11.8 Å². The number of aliphatic hydroxyl groups is 1. The Bertz CT molecular complexity index is 358. The number of nitrogens with zero attached hydrogens (tertiary/aromatic N) is 1. The zero-order valence-electron chi connectivity index (χ0n) is 9.43. The van der Waals surface area contributed by atoms with Crippen LogP contribution >= 0.6 is 11.8 Å². The van der Waals surface area contributed by atoms with E-state index in [1.165, 1.54) is 11.8 Å². The molecule has 0 bridgehead atoms. The van der Waals surface area contributed by atoms with Gasteiger partial charge < -0.3 is 10.4 Å². The number of aliphatic hydroxyl groups excluding tert-OH is 1. The molecule has 0 fully saturated rings. The van der Waals surface area contributed by atoms with E-state index >= 15 is 0 Å². The van der Waals surface area contributed by atoms with Gasteiger partial charge in [0.25, 0.3) is 5.91 Å². The van der Waals surface area contributed by atoms with E-state index < -0.39 is 0 Å². The van der Waals surface area contributed by atoms with Crippen molar-refractivity contribution in [3.05, 3.63) is 24.0 Å². The molecule has 16 heavy (non-hydrogen) atoms. The van der Waals surface area contributed by atoms with Gasteiger partial charge >= 0.3 is 0 Å². The first-order valence-electron chi connectivity index (χ1n) is 5.19. The first kappa shape index (κ1) is 13.0. The average molecular weight is 240 g/mol. The summed E-state index contributed by atoms with van der Waals surface area (Å²) in [6.07, 6.45) is 1.61. The van der Waals surface area contributed by atoms with E-state index in [0.29, 0.717) is 12.2 Å². The molecule has 1 aromatic heterocycles. The van der Waals surface area contributed by atoms with Gasteiger partial charge in [0.1, 0.15) is 5.69 Å². The monoisotopic (exact) mass is 240 g/mol. The van der Waals surface area contributed by atoms with Crippen LogP contribution in [0.1, 0.15) is 24.3 Å². The van der Waals surface area contributed by atoms with E-state index in [1.807, 2.05) is 19.9 Å². The van der Waals surface area contributed by atoms with E-state index in [4.69, 9.17) is 5.11 Å². The smallest absolute Gasteiger partial charge is 0.269 e. The topological polar surface area (TPSA) is 62.2 Å². The lowest BCUT2D eigenvalue weighted by Crippen LogP contribution is -2.23. The van der Waals surface area contributed by atoms with Crippen LogP contribution in [0.25, 0.3) is 0 Å². The van der Waals surface area contributed by atoms with Crippen molar-refractivity contribution in [2.24, 2.45) is 0 Å². The second-order valence-electron chi connectivity index (χ2n) is 3.35. The molecule has 1 rings (SSSR count). The van der Waals surface area contributed by atoms with Crippen molar-refractivity contribution in [1.29, 1.82) is 0 Å². The Morgan fingerprint density at radius 1 is 1.69 bits per heavy atom. The predicted molar refractivity (Wildman–Crippen MR) is 64.6 cm³/mol. The van der Waals surface area contributed by atoms with Gasteiger partial charge in [-0.25, -0.2) is 0 Å². The van der Waals surface area contributed by atoms with Crippen LogP contribution in [0.15, 0.2) is 23.2 Å². The van der Waals surface area contributed by atoms with E-state index in [1.54, 1.807) is 12.3 Å². The van der Waals surface area contributed by atoms with Crippen molar-refractivity contribution in [2.45, 2.75) is 24.0 Å². The summed E-state index contributed by atoms with van der Waals surface area (Å²) >= 11 is 1.52. The number of thioether (sulfide) groups is 1. The molecule has 0 saturated heterocycles. The number of pyridine rings is 1. The van der Waals surface area contributed by atoms with Gasteiger partial charge in [-0.3, -0.25) is 9.78 Å². The van der Waals surface area contributed by atoms with Crippen LogP contribution in [0.3, 0.4) is 0 Å². The summed E-state index contributed by atoms with van der Waals surface area (Å²) in [5.41, 5.74) is 0.414. The molecule has 0 aromatic carbocycles. The van der Waals surface area contributed by atoms with Gasteiger partial charge in [0.05, 0.1) is 6.61 Å². The first-order chi connectivity index (χ1) is 7.67. The van der Waals surface area contributed by atoms with Crippen LogP contribution in [0.4, 0.5) is 0 Å². The lowest BCUT2D eigenvalue weighted by molar-refractivity contribution is 0.0950. The fourth-order valence-electron chi connectivity index (χ4n) is 1.13. The highest BCUT2D eigenvalue weighted by Crippen LogP contribution is 2.22. The minimum absolute atomic E-state index is 0.115. The van der Waals surface area contributed by atoms with Crippen LogP contribution in [0.2, 0.25) is 0 Å². The molecule has 2 N–H and O–H groups in total. The summed E-state index contributed by atoms with van der Waals surface area (Å²) in [6, 6.07) is 3.57. The number of nitrogens with one attached hydrogen (secondary N) is 1. The van der Waals surface area contributed by atoms with Crippen LogP contribution in [0, 0.1) is 0 Å². The zero-order chi connectivity index (χ0) is 12.0. The molecule has 1 atom stereocenters. The molecule has 5 heteroatoms. The van der Waals surface area contributed by atoms with Crippen molar-refractivity contribution in [2.75, 3.05) is 13.2 Å². The quantitative estimate of drug-likeness (QED) is 0.762. The zero-order valence-corrected chi connectivity index (χ0v) is 10.3. The maximum Gasteiger partial charge on any atom is 0.269 e. The molecule has 1 unspecified atom stereocenters. The molecule has 0 radical (unpaired) electrons. The van der Waals surface area contributed by atoms with E-state index in [9.17, 15) is 4.79 Å². The van der Waals surface area contributed by atoms with E-state index in [2.05, 4.69) is 10.3 Å². The van der Waals surface area contributed by atoms with Crippen molar-refractivity contribution in [3.63, 3.8) is 0 Å². The minimum Gasteiger partial charge on any atom is -0.395 e. The average Bonchev–Trinajstić information content (AvgIpc) is 2.29. The molecular formula is C11H16N2O2S. The Morgan fingerprint density at radius 2 is 2.44 bits per heavy atom. The number of hydrogen-bond acceptors (Lipinski definition) is 4. The largest absolute Gasteiger partial charge is 0.395 e. The van der Waals surface area contributed by atoms with Crippen LogP contribution in [-0.4, -0.2) is 34.4 Å². The molecule has 0 saturated carbocycles. The van der Waals surface area contributed by atoms with Gasteiger partial charge in [0.2, 0.25) is 0 Å². The maximum absolute atomic E-state index is 11.5. The molecule has 1 heterocycles. The van der Waals surface area contributed by atoms with Crippen molar-refractivity contribution >= 4 is 17.7 Å². The molecule has 88 valence electrons. The number of carbonyl (C=O) groups excluding carboxylic acids is 1. The highest BCUT2D eigenvalue weighted by Gasteiger charge is 2.08. The molecule has 0 aliphatic rings. The summed E-state index contributed by atoms with van der Waals surface area (Å²) < 4.78 is 0. The highest BCUT2D eigenvalue weighted by molar-refractivity contribution is 8.00. The third kappa shape index (κ3) is 3.83. The highest BCUT2D eigenvalue weighted by atomic mass is 32.2. The Hall–Kier alpha value is -1.07. The molecule has 0 aliphatic carbocycles. The summed E-state index contributed by atoms with van der Waals surface area (Å²) in [5.74, 6) is -0.165. The normalized spacial score (nSPS) is 12.2. The minimum atomic E-state index is -0.165. The number of aromatic nitrogens is 1. The van der Waals surface area contributed by atoms with Gasteiger partial charge in [-0.2, -0.15) is 0 Å². The third-order valence-corrected chi connectivity index (χ3v) is 2.97. The van der Waals surface area contributed by atoms with E-state index in [-0.39, 0.29) is 17.8 Å². The van der Waals surface area contributed by atoms with Gasteiger partial charge in [-0.05, 0) is 19.1 Å². The van der Waals surface area contributed by atoms with Crippen molar-refractivity contribution in [3.8, 4) is 0 Å². The summed E-state index contributed by atoms with van der Waals surface area (Å²) in [6.45, 7) is 4.50. The Balaban J connectivity index is 2.74. The van der Waals surface area contributed by atoms with Gasteiger partial charge in [0.15, 0.2) is 0 Å². The van der Waals surface area contributed by atoms with Gasteiger partial charge in [0, 0.05) is 22.9 Å². The fraction of sp³-hybridized carbons (Fsp3) is 0.455. The number of hydrogen-bond donors (Lipinski definition) is 2. The Labute approximate surface area is 99.5 Å². The Morgan fingerprint density at radius 3 is 3.06 bits per heavy atom. The van der Waals surface area contributed by atoms with Crippen LogP contribution in [-0.2, 0) is 0 Å². The lowest BCUT2D eigenvalue weighted by Gasteiger charge is -2.08. The Kier molecular flexibility index (Phi) is 5.28. The molecule has 0 spiro atoms. The number of amides is 1. The summed E-state index contributed by atoms with van der Waals surface area (Å²) in [5, 5.41) is 11.8. The molecular weight excluding hydrogens is 224 g/mol. The number of rotatable bonds is 5. The summed E-state index contributed by atoms with van der Waals surface area (Å²) in [4.78, 5) is 16.5. The SMILES string of the molecule is CCNC(=O)c1cc(SC(C)CO)ccn1. The lowest BCUT2D eigenvalue weighted by atomic mass is 10.3. The molecule has 0 aliphatic heterocycles. The molecule has 1 aromatic rings. The number of carbonyl (C=O) groups is 1. The molecule has 1 amide bonds.